The van der Waals surface area contributed by atoms with Gasteiger partial charge in [0.15, 0.2) is 0 Å². The van der Waals surface area contributed by atoms with Crippen molar-refractivity contribution in [3.8, 4) is 0 Å². The van der Waals surface area contributed by atoms with E-state index in [1.54, 1.807) is 0 Å². The van der Waals surface area contributed by atoms with Gasteiger partial charge in [0.1, 0.15) is 0 Å². The van der Waals surface area contributed by atoms with Gasteiger partial charge in [0.2, 0.25) is 0 Å². The predicted octanol–water partition coefficient (Wildman–Crippen LogP) is 2.97. The standard InChI is InChI=1S/C19H31ClN4O/c1-15(2)8-9-21-19(25)22-14-18(16-4-6-17(20)7-5-16)24-12-10-23(3)11-13-24/h4-7,15,18H,8-14H2,1-3H3,(H2,21,22,25). The summed E-state index contributed by atoms with van der Waals surface area (Å²) in [4.78, 5) is 16.9. The van der Waals surface area contributed by atoms with E-state index in [2.05, 4.69) is 53.5 Å². The summed E-state index contributed by atoms with van der Waals surface area (Å²) in [7, 11) is 2.15. The average Bonchev–Trinajstić information content (AvgIpc) is 2.57. The highest BCUT2D eigenvalue weighted by molar-refractivity contribution is 6.30. The van der Waals surface area contributed by atoms with E-state index in [0.717, 1.165) is 37.6 Å². The highest BCUT2D eigenvalue weighted by Gasteiger charge is 2.24. The molecule has 1 aromatic rings. The third-order valence-corrected chi connectivity index (χ3v) is 4.95. The number of hydrogen-bond donors (Lipinski definition) is 2. The van der Waals surface area contributed by atoms with E-state index in [1.807, 2.05) is 12.1 Å². The molecule has 1 aromatic carbocycles. The number of nitrogens with one attached hydrogen (secondary N) is 2. The molecule has 0 spiro atoms. The molecule has 1 unspecified atom stereocenters. The third-order valence-electron chi connectivity index (χ3n) is 4.70. The average molecular weight is 367 g/mol. The SMILES string of the molecule is CC(C)CCNC(=O)NCC(c1ccc(Cl)cc1)N1CCN(C)CC1. The second-order valence-corrected chi connectivity index (χ2v) is 7.66. The molecule has 1 atom stereocenters. The van der Waals surface area contributed by atoms with Crippen LogP contribution in [0, 0.1) is 5.92 Å². The Balaban J connectivity index is 1.94. The lowest BCUT2D eigenvalue weighted by atomic mass is 10.0. The number of halogens is 1. The minimum atomic E-state index is -0.0891. The van der Waals surface area contributed by atoms with Crippen LogP contribution < -0.4 is 10.6 Å². The van der Waals surface area contributed by atoms with E-state index >= 15 is 0 Å². The van der Waals surface area contributed by atoms with Crippen molar-refractivity contribution >= 4 is 17.6 Å². The fraction of sp³-hybridized carbons (Fsp3) is 0.632. The maximum Gasteiger partial charge on any atom is 0.314 e. The van der Waals surface area contributed by atoms with E-state index in [4.69, 9.17) is 11.6 Å². The number of likely N-dealkylation sites (N-methyl/N-ethyl adjacent to an activating group) is 1. The monoisotopic (exact) mass is 366 g/mol. The molecule has 5 nitrogen and oxygen atoms in total. The van der Waals surface area contributed by atoms with Crippen molar-refractivity contribution in [1.82, 2.24) is 20.4 Å². The van der Waals surface area contributed by atoms with Crippen LogP contribution in [0.3, 0.4) is 0 Å². The van der Waals surface area contributed by atoms with Gasteiger partial charge >= 0.3 is 6.03 Å². The van der Waals surface area contributed by atoms with Crippen LogP contribution >= 0.6 is 11.6 Å². The number of carbonyl (C=O) groups excluding carboxylic acids is 1. The van der Waals surface area contributed by atoms with Crippen LogP contribution in [0.15, 0.2) is 24.3 Å². The van der Waals surface area contributed by atoms with Crippen LogP contribution in [-0.2, 0) is 0 Å². The first-order valence-corrected chi connectivity index (χ1v) is 9.53. The van der Waals surface area contributed by atoms with Gasteiger partial charge in [-0.25, -0.2) is 4.79 Å². The van der Waals surface area contributed by atoms with Crippen molar-refractivity contribution in [2.24, 2.45) is 5.92 Å². The Labute approximate surface area is 156 Å². The van der Waals surface area contributed by atoms with Crippen LogP contribution in [0.5, 0.6) is 0 Å². The van der Waals surface area contributed by atoms with Crippen LogP contribution in [-0.4, -0.2) is 62.1 Å². The smallest absolute Gasteiger partial charge is 0.314 e. The maximum atomic E-state index is 12.1. The number of rotatable bonds is 7. The minimum absolute atomic E-state index is 0.0891. The Morgan fingerprint density at radius 1 is 1.12 bits per heavy atom. The largest absolute Gasteiger partial charge is 0.338 e. The Hall–Kier alpha value is -1.30. The lowest BCUT2D eigenvalue weighted by molar-refractivity contribution is 0.111. The molecule has 6 heteroatoms. The lowest BCUT2D eigenvalue weighted by Crippen LogP contribution is -2.49. The zero-order valence-electron chi connectivity index (χ0n) is 15.6. The molecule has 0 aromatic heterocycles. The molecule has 0 saturated carbocycles. The fourth-order valence-corrected chi connectivity index (χ4v) is 3.13. The number of hydrogen-bond acceptors (Lipinski definition) is 3. The van der Waals surface area contributed by atoms with Crippen molar-refractivity contribution in [1.29, 1.82) is 0 Å². The third kappa shape index (κ3) is 6.84. The number of piperazine rings is 1. The normalized spacial score (nSPS) is 17.5. The van der Waals surface area contributed by atoms with Gasteiger partial charge in [0.25, 0.3) is 0 Å². The van der Waals surface area contributed by atoms with Crippen molar-refractivity contribution in [3.05, 3.63) is 34.9 Å². The van der Waals surface area contributed by atoms with Crippen molar-refractivity contribution in [3.63, 3.8) is 0 Å². The zero-order valence-corrected chi connectivity index (χ0v) is 16.4. The first-order chi connectivity index (χ1) is 12.0. The lowest BCUT2D eigenvalue weighted by Gasteiger charge is -2.38. The molecular weight excluding hydrogens is 336 g/mol. The van der Waals surface area contributed by atoms with E-state index in [0.29, 0.717) is 19.0 Å². The number of benzene rings is 1. The molecule has 140 valence electrons. The van der Waals surface area contributed by atoms with Gasteiger partial charge in [-0.3, -0.25) is 4.90 Å². The summed E-state index contributed by atoms with van der Waals surface area (Å²) in [5.41, 5.74) is 1.19. The van der Waals surface area contributed by atoms with E-state index in [1.165, 1.54) is 5.56 Å². The fourth-order valence-electron chi connectivity index (χ4n) is 3.00. The van der Waals surface area contributed by atoms with Gasteiger partial charge in [-0.2, -0.15) is 0 Å². The maximum absolute atomic E-state index is 12.1. The van der Waals surface area contributed by atoms with Gasteiger partial charge in [-0.1, -0.05) is 37.6 Å². The van der Waals surface area contributed by atoms with E-state index in [-0.39, 0.29) is 12.1 Å². The predicted molar refractivity (Wildman–Crippen MR) is 104 cm³/mol. The number of urea groups is 1. The van der Waals surface area contributed by atoms with Gasteiger partial charge in [0.05, 0.1) is 6.04 Å². The first kappa shape index (κ1) is 20.0. The molecule has 0 bridgehead atoms. The Morgan fingerprint density at radius 3 is 2.36 bits per heavy atom. The van der Waals surface area contributed by atoms with Crippen LogP contribution in [0.2, 0.25) is 5.02 Å². The van der Waals surface area contributed by atoms with Crippen LogP contribution in [0.4, 0.5) is 4.79 Å². The van der Waals surface area contributed by atoms with E-state index < -0.39 is 0 Å². The zero-order chi connectivity index (χ0) is 18.2. The highest BCUT2D eigenvalue weighted by Crippen LogP contribution is 2.23. The molecule has 1 heterocycles. The molecule has 0 aliphatic carbocycles. The number of amides is 2. The molecule has 25 heavy (non-hydrogen) atoms. The van der Waals surface area contributed by atoms with Crippen molar-refractivity contribution in [2.45, 2.75) is 26.3 Å². The highest BCUT2D eigenvalue weighted by atomic mass is 35.5. The molecule has 1 aliphatic rings. The van der Waals surface area contributed by atoms with Crippen LogP contribution in [0.25, 0.3) is 0 Å². The van der Waals surface area contributed by atoms with E-state index in [9.17, 15) is 4.79 Å². The second kappa shape index (κ2) is 10.00. The van der Waals surface area contributed by atoms with Gasteiger partial charge in [-0.05, 0) is 37.1 Å². The molecule has 2 amide bonds. The summed E-state index contributed by atoms with van der Waals surface area (Å²) in [6.07, 6.45) is 0.993. The molecule has 2 N–H and O–H groups in total. The van der Waals surface area contributed by atoms with Crippen molar-refractivity contribution < 1.29 is 4.79 Å². The Kier molecular flexibility index (Phi) is 8.00. The summed E-state index contributed by atoms with van der Waals surface area (Å²) in [5.74, 6) is 0.590. The second-order valence-electron chi connectivity index (χ2n) is 7.23. The summed E-state index contributed by atoms with van der Waals surface area (Å²) in [6, 6.07) is 8.04. The number of carbonyl (C=O) groups is 1. The number of nitrogens with zero attached hydrogens (tertiary/aromatic N) is 2. The molecule has 1 fully saturated rings. The molecule has 1 aliphatic heterocycles. The van der Waals surface area contributed by atoms with Gasteiger partial charge in [0, 0.05) is 44.3 Å². The summed E-state index contributed by atoms with van der Waals surface area (Å²) >= 11 is 6.03. The molecule has 0 radical (unpaired) electrons. The minimum Gasteiger partial charge on any atom is -0.338 e. The van der Waals surface area contributed by atoms with Crippen molar-refractivity contribution in [2.75, 3.05) is 46.3 Å². The first-order valence-electron chi connectivity index (χ1n) is 9.15. The van der Waals surface area contributed by atoms with Gasteiger partial charge in [-0.15, -0.1) is 0 Å². The molecule has 2 rings (SSSR count). The Morgan fingerprint density at radius 2 is 1.76 bits per heavy atom. The summed E-state index contributed by atoms with van der Waals surface area (Å²) in [6.45, 7) is 9.71. The van der Waals surface area contributed by atoms with Crippen LogP contribution in [0.1, 0.15) is 31.9 Å². The molecular formula is C19H31ClN4O. The van der Waals surface area contributed by atoms with Gasteiger partial charge < -0.3 is 15.5 Å². The summed E-state index contributed by atoms with van der Waals surface area (Å²) < 4.78 is 0. The summed E-state index contributed by atoms with van der Waals surface area (Å²) in [5, 5.41) is 6.72. The Bertz CT molecular complexity index is 527. The topological polar surface area (TPSA) is 47.6 Å². The molecule has 1 saturated heterocycles. The quantitative estimate of drug-likeness (QED) is 0.779.